The standard InChI is InChI=1S/C19H32N2/c1-4-5-7-12-19(17-10-8-6-9-11-17)20-18-13-14-21(3)16(2)15-18/h6,8-11,16,18-20H,4-5,7,12-15H2,1-3H3. The summed E-state index contributed by atoms with van der Waals surface area (Å²) < 4.78 is 0. The fourth-order valence-electron chi connectivity index (χ4n) is 3.36. The van der Waals surface area contributed by atoms with Crippen molar-refractivity contribution in [1.29, 1.82) is 0 Å². The largest absolute Gasteiger partial charge is 0.307 e. The zero-order valence-corrected chi connectivity index (χ0v) is 14.0. The van der Waals surface area contributed by atoms with E-state index in [-0.39, 0.29) is 0 Å². The van der Waals surface area contributed by atoms with E-state index in [4.69, 9.17) is 0 Å². The third kappa shape index (κ3) is 5.12. The van der Waals surface area contributed by atoms with Gasteiger partial charge in [-0.05, 0) is 45.3 Å². The third-order valence-electron chi connectivity index (χ3n) is 4.94. The van der Waals surface area contributed by atoms with Crippen LogP contribution in [-0.4, -0.2) is 30.6 Å². The molecule has 3 unspecified atom stereocenters. The van der Waals surface area contributed by atoms with Crippen molar-refractivity contribution in [3.8, 4) is 0 Å². The number of hydrogen-bond donors (Lipinski definition) is 1. The van der Waals surface area contributed by atoms with Gasteiger partial charge in [-0.15, -0.1) is 0 Å². The molecule has 2 heteroatoms. The van der Waals surface area contributed by atoms with Crippen LogP contribution in [0.25, 0.3) is 0 Å². The second-order valence-electron chi connectivity index (χ2n) is 6.68. The van der Waals surface area contributed by atoms with Gasteiger partial charge in [0.15, 0.2) is 0 Å². The van der Waals surface area contributed by atoms with Gasteiger partial charge in [-0.3, -0.25) is 0 Å². The fraction of sp³-hybridized carbons (Fsp3) is 0.684. The lowest BCUT2D eigenvalue weighted by atomic mass is 9.94. The monoisotopic (exact) mass is 288 g/mol. The predicted octanol–water partition coefficient (Wildman–Crippen LogP) is 4.38. The summed E-state index contributed by atoms with van der Waals surface area (Å²) in [6.45, 7) is 5.85. The second kappa shape index (κ2) is 8.55. The number of likely N-dealkylation sites (tertiary alicyclic amines) is 1. The zero-order chi connectivity index (χ0) is 15.1. The SMILES string of the molecule is CCCCCC(NC1CCN(C)C(C)C1)c1ccccc1. The molecular formula is C19H32N2. The smallest absolute Gasteiger partial charge is 0.0322 e. The topological polar surface area (TPSA) is 15.3 Å². The summed E-state index contributed by atoms with van der Waals surface area (Å²) in [5.74, 6) is 0. The van der Waals surface area contributed by atoms with Gasteiger partial charge < -0.3 is 10.2 Å². The molecule has 1 aromatic rings. The van der Waals surface area contributed by atoms with E-state index in [0.717, 1.165) is 0 Å². The average molecular weight is 288 g/mol. The predicted molar refractivity (Wildman–Crippen MR) is 91.6 cm³/mol. The van der Waals surface area contributed by atoms with Gasteiger partial charge in [0.1, 0.15) is 0 Å². The van der Waals surface area contributed by atoms with Crippen molar-refractivity contribution in [2.24, 2.45) is 0 Å². The highest BCUT2D eigenvalue weighted by Crippen LogP contribution is 2.24. The number of nitrogens with one attached hydrogen (secondary N) is 1. The Balaban J connectivity index is 1.95. The van der Waals surface area contributed by atoms with Crippen molar-refractivity contribution in [2.75, 3.05) is 13.6 Å². The quantitative estimate of drug-likeness (QED) is 0.749. The van der Waals surface area contributed by atoms with Crippen LogP contribution in [0.2, 0.25) is 0 Å². The zero-order valence-electron chi connectivity index (χ0n) is 14.0. The Bertz CT molecular complexity index is 390. The molecule has 1 fully saturated rings. The Hall–Kier alpha value is -0.860. The minimum Gasteiger partial charge on any atom is -0.307 e. The lowest BCUT2D eigenvalue weighted by molar-refractivity contribution is 0.161. The summed E-state index contributed by atoms with van der Waals surface area (Å²) in [5.41, 5.74) is 1.46. The first-order valence-electron chi connectivity index (χ1n) is 8.72. The first-order chi connectivity index (χ1) is 10.2. The Morgan fingerprint density at radius 3 is 2.67 bits per heavy atom. The van der Waals surface area contributed by atoms with E-state index in [0.29, 0.717) is 18.1 Å². The molecule has 118 valence electrons. The van der Waals surface area contributed by atoms with E-state index in [1.165, 1.54) is 50.6 Å². The van der Waals surface area contributed by atoms with Crippen LogP contribution < -0.4 is 5.32 Å². The fourth-order valence-corrected chi connectivity index (χ4v) is 3.36. The molecule has 0 aromatic heterocycles. The van der Waals surface area contributed by atoms with Crippen LogP contribution >= 0.6 is 0 Å². The summed E-state index contributed by atoms with van der Waals surface area (Å²) in [5, 5.41) is 3.96. The minimum atomic E-state index is 0.526. The molecule has 1 aliphatic rings. The third-order valence-corrected chi connectivity index (χ3v) is 4.94. The lowest BCUT2D eigenvalue weighted by Crippen LogP contribution is -2.46. The van der Waals surface area contributed by atoms with E-state index in [2.05, 4.69) is 61.4 Å². The summed E-state index contributed by atoms with van der Waals surface area (Å²) >= 11 is 0. The first kappa shape index (κ1) is 16.5. The molecule has 1 heterocycles. The van der Waals surface area contributed by atoms with Gasteiger partial charge in [0, 0.05) is 18.1 Å². The Morgan fingerprint density at radius 1 is 1.24 bits per heavy atom. The number of piperidine rings is 1. The molecule has 1 aliphatic heterocycles. The molecular weight excluding hydrogens is 256 g/mol. The number of hydrogen-bond acceptors (Lipinski definition) is 2. The molecule has 0 amide bonds. The van der Waals surface area contributed by atoms with Gasteiger partial charge >= 0.3 is 0 Å². The van der Waals surface area contributed by atoms with Gasteiger partial charge in [0.05, 0.1) is 0 Å². The van der Waals surface area contributed by atoms with E-state index in [9.17, 15) is 0 Å². The maximum atomic E-state index is 3.96. The number of rotatable bonds is 7. The molecule has 0 spiro atoms. The molecule has 1 aromatic carbocycles. The molecule has 1 saturated heterocycles. The molecule has 21 heavy (non-hydrogen) atoms. The number of unbranched alkanes of at least 4 members (excludes halogenated alkanes) is 2. The van der Waals surface area contributed by atoms with Crippen molar-refractivity contribution in [3.63, 3.8) is 0 Å². The number of benzene rings is 1. The lowest BCUT2D eigenvalue weighted by Gasteiger charge is -2.37. The maximum Gasteiger partial charge on any atom is 0.0322 e. The molecule has 2 rings (SSSR count). The van der Waals surface area contributed by atoms with Crippen molar-refractivity contribution in [1.82, 2.24) is 10.2 Å². The molecule has 0 saturated carbocycles. The van der Waals surface area contributed by atoms with Crippen molar-refractivity contribution in [2.45, 2.75) is 70.5 Å². The van der Waals surface area contributed by atoms with Crippen LogP contribution in [0.1, 0.15) is 64.0 Å². The Kier molecular flexibility index (Phi) is 6.72. The van der Waals surface area contributed by atoms with Gasteiger partial charge in [0.2, 0.25) is 0 Å². The summed E-state index contributed by atoms with van der Waals surface area (Å²) in [7, 11) is 2.25. The van der Waals surface area contributed by atoms with Gasteiger partial charge in [-0.25, -0.2) is 0 Å². The van der Waals surface area contributed by atoms with Crippen molar-refractivity contribution >= 4 is 0 Å². The molecule has 3 atom stereocenters. The minimum absolute atomic E-state index is 0.526. The molecule has 0 bridgehead atoms. The highest BCUT2D eigenvalue weighted by Gasteiger charge is 2.24. The molecule has 2 nitrogen and oxygen atoms in total. The highest BCUT2D eigenvalue weighted by molar-refractivity contribution is 5.19. The van der Waals surface area contributed by atoms with E-state index in [1.54, 1.807) is 0 Å². The van der Waals surface area contributed by atoms with Crippen LogP contribution in [0.4, 0.5) is 0 Å². The molecule has 0 radical (unpaired) electrons. The first-order valence-corrected chi connectivity index (χ1v) is 8.72. The Morgan fingerprint density at radius 2 is 2.00 bits per heavy atom. The summed E-state index contributed by atoms with van der Waals surface area (Å²) in [6.07, 6.45) is 7.77. The molecule has 0 aliphatic carbocycles. The van der Waals surface area contributed by atoms with E-state index in [1.807, 2.05) is 0 Å². The van der Waals surface area contributed by atoms with Crippen LogP contribution in [0, 0.1) is 0 Å². The molecule has 1 N–H and O–H groups in total. The average Bonchev–Trinajstić information content (AvgIpc) is 2.51. The van der Waals surface area contributed by atoms with Crippen molar-refractivity contribution < 1.29 is 0 Å². The van der Waals surface area contributed by atoms with Gasteiger partial charge in [-0.2, -0.15) is 0 Å². The van der Waals surface area contributed by atoms with Crippen LogP contribution in [0.5, 0.6) is 0 Å². The van der Waals surface area contributed by atoms with Crippen LogP contribution in [0.3, 0.4) is 0 Å². The van der Waals surface area contributed by atoms with E-state index >= 15 is 0 Å². The summed E-state index contributed by atoms with van der Waals surface area (Å²) in [4.78, 5) is 2.48. The Labute approximate surface area is 130 Å². The summed E-state index contributed by atoms with van der Waals surface area (Å²) in [6, 6.07) is 12.9. The van der Waals surface area contributed by atoms with Crippen molar-refractivity contribution in [3.05, 3.63) is 35.9 Å². The van der Waals surface area contributed by atoms with Crippen LogP contribution in [-0.2, 0) is 0 Å². The number of nitrogens with zero attached hydrogens (tertiary/aromatic N) is 1. The van der Waals surface area contributed by atoms with Gasteiger partial charge in [0.25, 0.3) is 0 Å². The van der Waals surface area contributed by atoms with Crippen LogP contribution in [0.15, 0.2) is 30.3 Å². The highest BCUT2D eigenvalue weighted by atomic mass is 15.1. The maximum absolute atomic E-state index is 3.96. The van der Waals surface area contributed by atoms with E-state index < -0.39 is 0 Å². The normalized spacial score (nSPS) is 24.9. The van der Waals surface area contributed by atoms with Gasteiger partial charge in [-0.1, -0.05) is 56.5 Å². The second-order valence-corrected chi connectivity index (χ2v) is 6.68.